The van der Waals surface area contributed by atoms with Crippen LogP contribution in [0.15, 0.2) is 64.0 Å². The summed E-state index contributed by atoms with van der Waals surface area (Å²) in [7, 11) is 0. The lowest BCUT2D eigenvalue weighted by atomic mass is 10.2. The zero-order valence-corrected chi connectivity index (χ0v) is 18.8. The van der Waals surface area contributed by atoms with E-state index in [-0.39, 0.29) is 23.4 Å². The van der Waals surface area contributed by atoms with Gasteiger partial charge in [-0.15, -0.1) is 0 Å². The summed E-state index contributed by atoms with van der Waals surface area (Å²) in [4.78, 5) is 27.1. The van der Waals surface area contributed by atoms with Crippen LogP contribution in [0.4, 0.5) is 4.79 Å². The van der Waals surface area contributed by atoms with Crippen molar-refractivity contribution in [2.24, 2.45) is 0 Å². The third-order valence-corrected chi connectivity index (χ3v) is 6.71. The number of halogens is 1. The van der Waals surface area contributed by atoms with Crippen molar-refractivity contribution in [3.8, 4) is 11.4 Å². The molecule has 2 heterocycles. The topological polar surface area (TPSA) is 62.5 Å². The maximum atomic E-state index is 12.9. The predicted molar refractivity (Wildman–Crippen MR) is 123 cm³/mol. The molecule has 3 aromatic rings. The van der Waals surface area contributed by atoms with E-state index in [1.54, 1.807) is 18.2 Å². The summed E-state index contributed by atoms with van der Waals surface area (Å²) in [5.41, 5.74) is 4.63. The first-order valence-electron chi connectivity index (χ1n) is 9.32. The number of aromatic hydroxyl groups is 1. The summed E-state index contributed by atoms with van der Waals surface area (Å²) in [5, 5.41) is 9.27. The van der Waals surface area contributed by atoms with Crippen LogP contribution >= 0.6 is 27.7 Å². The number of carbonyl (C=O) groups excluding carboxylic acids is 2. The van der Waals surface area contributed by atoms with Gasteiger partial charge in [0.15, 0.2) is 0 Å². The Hall–Kier alpha value is -2.77. The first-order chi connectivity index (χ1) is 14.3. The third-order valence-electron chi connectivity index (χ3n) is 5.02. The summed E-state index contributed by atoms with van der Waals surface area (Å²) in [5.74, 6) is -0.0737. The Morgan fingerprint density at radius 2 is 1.77 bits per heavy atom. The molecule has 152 valence electrons. The number of carbonyl (C=O) groups is 2. The molecule has 0 spiro atoms. The van der Waals surface area contributed by atoms with Gasteiger partial charge in [0.2, 0.25) is 0 Å². The van der Waals surface area contributed by atoms with E-state index in [9.17, 15) is 14.7 Å². The highest BCUT2D eigenvalue weighted by Crippen LogP contribution is 2.35. The van der Waals surface area contributed by atoms with Crippen LogP contribution in [-0.2, 0) is 11.3 Å². The molecule has 2 amide bonds. The van der Waals surface area contributed by atoms with Gasteiger partial charge < -0.3 is 9.67 Å². The van der Waals surface area contributed by atoms with Gasteiger partial charge >= 0.3 is 0 Å². The minimum atomic E-state index is -0.282. The van der Waals surface area contributed by atoms with Crippen LogP contribution in [0.2, 0.25) is 0 Å². The van der Waals surface area contributed by atoms with Crippen molar-refractivity contribution in [2.75, 3.05) is 0 Å². The zero-order valence-electron chi connectivity index (χ0n) is 16.4. The molecule has 7 heteroatoms. The molecule has 1 aliphatic rings. The normalized spacial score (nSPS) is 15.4. The molecule has 2 aromatic carbocycles. The third kappa shape index (κ3) is 3.82. The summed E-state index contributed by atoms with van der Waals surface area (Å²) in [6, 6.07) is 16.5. The monoisotopic (exact) mass is 482 g/mol. The fraction of sp³-hybridized carbons (Fsp3) is 0.130. The Labute approximate surface area is 187 Å². The first-order valence-corrected chi connectivity index (χ1v) is 10.9. The van der Waals surface area contributed by atoms with Crippen LogP contribution in [0.5, 0.6) is 5.75 Å². The molecule has 30 heavy (non-hydrogen) atoms. The fourth-order valence-corrected chi connectivity index (χ4v) is 4.75. The second-order valence-corrected chi connectivity index (χ2v) is 8.89. The maximum Gasteiger partial charge on any atom is 0.293 e. The predicted octanol–water partition coefficient (Wildman–Crippen LogP) is 5.80. The Balaban J connectivity index is 1.63. The van der Waals surface area contributed by atoms with Crippen LogP contribution in [-0.4, -0.2) is 25.7 Å². The highest BCUT2D eigenvalue weighted by molar-refractivity contribution is 9.10. The smallest absolute Gasteiger partial charge is 0.293 e. The van der Waals surface area contributed by atoms with Crippen molar-refractivity contribution in [3.63, 3.8) is 0 Å². The molecule has 0 atom stereocenters. The molecular formula is C23H19BrN2O3S. The molecule has 1 aliphatic heterocycles. The summed E-state index contributed by atoms with van der Waals surface area (Å²) in [6.45, 7) is 4.18. The average Bonchev–Trinajstić information content (AvgIpc) is 3.14. The van der Waals surface area contributed by atoms with Gasteiger partial charge in [-0.2, -0.15) is 0 Å². The Morgan fingerprint density at radius 3 is 2.47 bits per heavy atom. The molecule has 1 fully saturated rings. The van der Waals surface area contributed by atoms with Crippen LogP contribution in [0.3, 0.4) is 0 Å². The van der Waals surface area contributed by atoms with Crippen molar-refractivity contribution in [3.05, 3.63) is 86.5 Å². The molecule has 0 bridgehead atoms. The number of thioether (sulfide) groups is 1. The van der Waals surface area contributed by atoms with Crippen LogP contribution in [0.25, 0.3) is 11.8 Å². The van der Waals surface area contributed by atoms with E-state index in [0.717, 1.165) is 44.4 Å². The van der Waals surface area contributed by atoms with E-state index >= 15 is 0 Å². The van der Waals surface area contributed by atoms with E-state index in [4.69, 9.17) is 0 Å². The Morgan fingerprint density at radius 1 is 1.07 bits per heavy atom. The minimum Gasteiger partial charge on any atom is -0.508 e. The largest absolute Gasteiger partial charge is 0.508 e. The number of hydrogen-bond acceptors (Lipinski definition) is 4. The number of benzene rings is 2. The molecule has 0 unspecified atom stereocenters. The number of amides is 2. The average molecular weight is 483 g/mol. The van der Waals surface area contributed by atoms with Crippen molar-refractivity contribution >= 4 is 44.9 Å². The summed E-state index contributed by atoms with van der Waals surface area (Å²) < 4.78 is 2.92. The quantitative estimate of drug-likeness (QED) is 0.477. The Bertz CT molecular complexity index is 1180. The second kappa shape index (κ2) is 8.16. The van der Waals surface area contributed by atoms with Crippen molar-refractivity contribution in [2.45, 2.75) is 20.4 Å². The van der Waals surface area contributed by atoms with Gasteiger partial charge in [0.25, 0.3) is 11.1 Å². The van der Waals surface area contributed by atoms with Crippen molar-refractivity contribution < 1.29 is 14.7 Å². The molecule has 0 saturated carbocycles. The second-order valence-electron chi connectivity index (χ2n) is 7.04. The molecule has 1 N–H and O–H groups in total. The van der Waals surface area contributed by atoms with Gasteiger partial charge in [-0.1, -0.05) is 34.1 Å². The minimum absolute atomic E-state index is 0.208. The van der Waals surface area contributed by atoms with Crippen molar-refractivity contribution in [1.82, 2.24) is 9.47 Å². The number of nitrogens with zero attached hydrogens (tertiary/aromatic N) is 2. The lowest BCUT2D eigenvalue weighted by Gasteiger charge is -2.13. The molecule has 1 aromatic heterocycles. The number of hydrogen-bond donors (Lipinski definition) is 1. The van der Waals surface area contributed by atoms with Gasteiger partial charge in [0.05, 0.1) is 11.4 Å². The maximum absolute atomic E-state index is 12.9. The van der Waals surface area contributed by atoms with E-state index in [2.05, 4.69) is 20.5 Å². The van der Waals surface area contributed by atoms with E-state index in [1.165, 1.54) is 4.90 Å². The van der Waals surface area contributed by atoms with E-state index in [0.29, 0.717) is 4.91 Å². The summed E-state index contributed by atoms with van der Waals surface area (Å²) >= 11 is 4.43. The highest BCUT2D eigenvalue weighted by atomic mass is 79.9. The Kier molecular flexibility index (Phi) is 5.58. The van der Waals surface area contributed by atoms with Gasteiger partial charge in [-0.3, -0.25) is 14.5 Å². The fourth-order valence-electron chi connectivity index (χ4n) is 3.51. The van der Waals surface area contributed by atoms with Gasteiger partial charge in [-0.25, -0.2) is 0 Å². The molecule has 0 radical (unpaired) electrons. The number of rotatable bonds is 4. The first kappa shape index (κ1) is 20.5. The van der Waals surface area contributed by atoms with Crippen LogP contribution in [0.1, 0.15) is 22.5 Å². The number of phenols is 1. The van der Waals surface area contributed by atoms with E-state index in [1.807, 2.05) is 56.3 Å². The molecule has 5 nitrogen and oxygen atoms in total. The van der Waals surface area contributed by atoms with Crippen LogP contribution in [0, 0.1) is 13.8 Å². The lowest BCUT2D eigenvalue weighted by molar-refractivity contribution is -0.123. The number of phenolic OH excluding ortho intramolecular Hbond substituents is 1. The lowest BCUT2D eigenvalue weighted by Crippen LogP contribution is -2.27. The van der Waals surface area contributed by atoms with Gasteiger partial charge in [0.1, 0.15) is 5.75 Å². The van der Waals surface area contributed by atoms with E-state index < -0.39 is 0 Å². The molecule has 0 aliphatic carbocycles. The number of aromatic nitrogens is 1. The number of imide groups is 1. The standard InChI is InChI=1S/C23H19BrN2O3S/c1-14-11-17(15(2)26(14)18-7-9-19(27)10-8-18)12-21-22(28)25(23(29)30-21)13-16-5-3-4-6-20(16)24/h3-12,27H,13H2,1-2H3/b21-12-. The molecule has 4 rings (SSSR count). The molecule has 1 saturated heterocycles. The van der Waals surface area contributed by atoms with Gasteiger partial charge in [0, 0.05) is 21.5 Å². The van der Waals surface area contributed by atoms with Gasteiger partial charge in [-0.05, 0) is 79.2 Å². The molecular weight excluding hydrogens is 464 g/mol. The number of aryl methyl sites for hydroxylation is 1. The SMILES string of the molecule is Cc1cc(/C=C2\SC(=O)N(Cc3ccccc3Br)C2=O)c(C)n1-c1ccc(O)cc1. The highest BCUT2D eigenvalue weighted by Gasteiger charge is 2.35. The zero-order chi connectivity index (χ0) is 21.4. The van der Waals surface area contributed by atoms with Crippen LogP contribution < -0.4 is 0 Å². The van der Waals surface area contributed by atoms with Crippen molar-refractivity contribution in [1.29, 1.82) is 0 Å². The summed E-state index contributed by atoms with van der Waals surface area (Å²) in [6.07, 6.45) is 1.78.